The molecule has 0 bridgehead atoms. The van der Waals surface area contributed by atoms with Gasteiger partial charge in [-0.15, -0.1) is 0 Å². The Morgan fingerprint density at radius 1 is 0.471 bits per heavy atom. The zero-order valence-corrected chi connectivity index (χ0v) is 37.8. The normalized spacial score (nSPS) is 10.5. The van der Waals surface area contributed by atoms with Crippen LogP contribution in [0.4, 0.5) is 0 Å². The number of esters is 6. The van der Waals surface area contributed by atoms with Crippen LogP contribution in [0.3, 0.4) is 0 Å². The molecule has 0 aliphatic carbocycles. The summed E-state index contributed by atoms with van der Waals surface area (Å²) in [6.45, 7) is 11.4. The lowest BCUT2D eigenvalue weighted by Gasteiger charge is -2.17. The van der Waals surface area contributed by atoms with Gasteiger partial charge in [0.1, 0.15) is 46.1 Å². The zero-order chi connectivity index (χ0) is 52.7. The number of aliphatic carboxylic acids is 2. The topological polar surface area (TPSA) is 398 Å². The molecule has 0 atom stereocenters. The summed E-state index contributed by atoms with van der Waals surface area (Å²) in [6, 6.07) is 0. The number of rotatable bonds is 32. The first kappa shape index (κ1) is 67.8. The molecule has 0 unspecified atom stereocenters. The largest absolute Gasteiger partial charge is 0.545 e. The molecule has 0 aromatic rings. The molecule has 26 nitrogen and oxygen atoms in total. The molecule has 0 saturated carbocycles. The average molecular weight is 979 g/mol. The number of nitrogens with zero attached hydrogens (tertiary/aromatic N) is 1. The van der Waals surface area contributed by atoms with Gasteiger partial charge in [0, 0.05) is 61.2 Å². The molecule has 0 saturated heterocycles. The number of carboxylic acids is 2. The molecule has 0 aromatic heterocycles. The van der Waals surface area contributed by atoms with E-state index < -0.39 is 72.5 Å². The van der Waals surface area contributed by atoms with Crippen molar-refractivity contribution in [1.82, 2.24) is 4.90 Å². The molecule has 0 aliphatic rings. The maximum Gasteiger partial charge on any atom is 0.333 e. The van der Waals surface area contributed by atoms with Crippen molar-refractivity contribution in [1.29, 1.82) is 0 Å². The fraction of sp³-hybridized carbons (Fsp3) is 0.476. The zero-order valence-electron chi connectivity index (χ0n) is 37.8. The number of hydrogen-bond donors (Lipinski definition) is 8. The van der Waals surface area contributed by atoms with Crippen molar-refractivity contribution in [3.8, 4) is 0 Å². The van der Waals surface area contributed by atoms with Crippen LogP contribution in [0, 0.1) is 0 Å². The van der Waals surface area contributed by atoms with Crippen molar-refractivity contribution in [2.75, 3.05) is 119 Å². The van der Waals surface area contributed by atoms with E-state index in [2.05, 4.69) is 41.6 Å². The number of carbonyl (C=O) groups excluding carboxylic acids is 9. The highest BCUT2D eigenvalue weighted by Gasteiger charge is 2.08. The number of aliphatic hydroxyl groups is 6. The molecule has 0 amide bonds. The van der Waals surface area contributed by atoms with Crippen LogP contribution in [0.5, 0.6) is 0 Å². The van der Waals surface area contributed by atoms with Gasteiger partial charge in [-0.05, 0) is 32.1 Å². The van der Waals surface area contributed by atoms with E-state index in [1.165, 1.54) is 13.8 Å². The molecule has 0 fully saturated rings. The summed E-state index contributed by atoms with van der Waals surface area (Å²) in [5.74, 6) is -9.38. The number of hydrogen-bond acceptors (Lipinski definition) is 24. The predicted octanol–water partition coefficient (Wildman–Crippen LogP) is -6.30. The lowest BCUT2D eigenvalue weighted by molar-refractivity contribution is -0.901. The number of carboxylic acid groups (broad SMARTS) is 2. The SMILES string of the molecule is C=C(C)C(=O)OCCOC(=O)/C=C/C(=O)COC(=O)/C=C/C(=O)O.C=C(C)C(=O)OCCOC(=O)/C=C/C(=O)COC(=O)/C=C/C(=O)[O-].OCCN(CCO)CCO.OCC[NH+](CCO)CCO. The first-order chi connectivity index (χ1) is 32.1. The Morgan fingerprint density at radius 2 is 0.779 bits per heavy atom. The van der Waals surface area contributed by atoms with Gasteiger partial charge in [0.2, 0.25) is 0 Å². The van der Waals surface area contributed by atoms with Gasteiger partial charge < -0.3 is 79.0 Å². The van der Waals surface area contributed by atoms with Crippen LogP contribution in [0.1, 0.15) is 13.8 Å². The Morgan fingerprint density at radius 3 is 1.07 bits per heavy atom. The third-order valence-electron chi connectivity index (χ3n) is 6.70. The van der Waals surface area contributed by atoms with Gasteiger partial charge in [-0.1, -0.05) is 13.2 Å². The second kappa shape index (κ2) is 46.7. The Hall–Kier alpha value is -6.78. The minimum Gasteiger partial charge on any atom is -0.545 e. The van der Waals surface area contributed by atoms with Crippen LogP contribution >= 0.6 is 0 Å². The summed E-state index contributed by atoms with van der Waals surface area (Å²) in [6.07, 6.45) is 5.47. The summed E-state index contributed by atoms with van der Waals surface area (Å²) < 4.78 is 27.4. The standard InChI is InChI=1S/2C15H16O9.2C6H15NO3/c2*1-10(2)15(21)23-8-7-22-13(19)5-3-11(16)9-24-14(20)6-4-12(17)18;2*8-4-1-7(2-5-9)3-6-10/h2*3-6H,1,7-9H2,2H3,(H,17,18);2*8-10H,1-6H2/b2*5-3+,6-4+;;. The van der Waals surface area contributed by atoms with Gasteiger partial charge in [-0.25, -0.2) is 33.6 Å². The van der Waals surface area contributed by atoms with E-state index in [0.29, 0.717) is 63.6 Å². The van der Waals surface area contributed by atoms with Crippen LogP contribution in [0.15, 0.2) is 72.9 Å². The van der Waals surface area contributed by atoms with Crippen molar-refractivity contribution >= 4 is 59.3 Å². The Bertz CT molecular complexity index is 1550. The third-order valence-corrected chi connectivity index (χ3v) is 6.70. The monoisotopic (exact) mass is 978 g/mol. The first-order valence-electron chi connectivity index (χ1n) is 19.9. The summed E-state index contributed by atoms with van der Waals surface area (Å²) in [4.78, 5) is 112. The minimum absolute atomic E-state index is 0.0694. The maximum atomic E-state index is 11.3. The van der Waals surface area contributed by atoms with Gasteiger partial charge in [0.15, 0.2) is 24.8 Å². The quantitative estimate of drug-likeness (QED) is 0.0134. The molecule has 0 rings (SSSR count). The van der Waals surface area contributed by atoms with Crippen LogP contribution in [0.25, 0.3) is 0 Å². The van der Waals surface area contributed by atoms with Crippen LogP contribution in [-0.4, -0.2) is 219 Å². The van der Waals surface area contributed by atoms with Crippen LogP contribution in [0.2, 0.25) is 0 Å². The lowest BCUT2D eigenvalue weighted by atomic mass is 10.3. The van der Waals surface area contributed by atoms with Crippen LogP contribution in [-0.2, 0) is 76.4 Å². The Balaban J connectivity index is -0.000000434. The first-order valence-corrected chi connectivity index (χ1v) is 19.9. The molecule has 384 valence electrons. The third kappa shape index (κ3) is 50.2. The Kier molecular flexibility index (Phi) is 46.6. The lowest BCUT2D eigenvalue weighted by Crippen LogP contribution is -3.13. The fourth-order valence-corrected chi connectivity index (χ4v) is 3.58. The summed E-state index contributed by atoms with van der Waals surface area (Å²) in [7, 11) is 0. The minimum atomic E-state index is -1.59. The van der Waals surface area contributed by atoms with E-state index >= 15 is 0 Å². The highest BCUT2D eigenvalue weighted by Crippen LogP contribution is 1.94. The molecule has 0 aliphatic heterocycles. The molecule has 68 heavy (non-hydrogen) atoms. The molecule has 0 aromatic carbocycles. The number of nitrogens with one attached hydrogen (secondary N) is 1. The maximum absolute atomic E-state index is 11.3. The summed E-state index contributed by atoms with van der Waals surface area (Å²) in [5, 5.41) is 69.3. The van der Waals surface area contributed by atoms with Gasteiger partial charge in [-0.3, -0.25) is 14.5 Å². The van der Waals surface area contributed by atoms with E-state index in [4.69, 9.17) is 35.7 Å². The van der Waals surface area contributed by atoms with Crippen molar-refractivity contribution < 1.29 is 122 Å². The fourth-order valence-electron chi connectivity index (χ4n) is 3.58. The number of ketones is 2. The van der Waals surface area contributed by atoms with Gasteiger partial charge >= 0.3 is 41.8 Å². The average Bonchev–Trinajstić information content (AvgIpc) is 3.28. The second-order valence-corrected chi connectivity index (χ2v) is 12.5. The second-order valence-electron chi connectivity index (χ2n) is 12.5. The summed E-state index contributed by atoms with van der Waals surface area (Å²) in [5.41, 5.74) is 0.412. The van der Waals surface area contributed by atoms with Crippen molar-refractivity contribution in [3.63, 3.8) is 0 Å². The molecule has 8 N–H and O–H groups in total. The van der Waals surface area contributed by atoms with Crippen molar-refractivity contribution in [3.05, 3.63) is 72.9 Å². The highest BCUT2D eigenvalue weighted by molar-refractivity contribution is 5.99. The summed E-state index contributed by atoms with van der Waals surface area (Å²) >= 11 is 0. The van der Waals surface area contributed by atoms with E-state index in [1.807, 2.05) is 0 Å². The van der Waals surface area contributed by atoms with Crippen molar-refractivity contribution in [2.45, 2.75) is 13.8 Å². The van der Waals surface area contributed by atoms with Crippen molar-refractivity contribution in [2.24, 2.45) is 0 Å². The smallest absolute Gasteiger partial charge is 0.333 e. The molecule has 0 heterocycles. The van der Waals surface area contributed by atoms with Crippen LogP contribution < -0.4 is 10.0 Å². The number of aliphatic hydroxyl groups excluding tert-OH is 6. The van der Waals surface area contributed by atoms with Gasteiger partial charge in [0.25, 0.3) is 0 Å². The molecule has 0 spiro atoms. The predicted molar refractivity (Wildman–Crippen MR) is 229 cm³/mol. The molecule has 26 heteroatoms. The molecule has 0 radical (unpaired) electrons. The highest BCUT2D eigenvalue weighted by atomic mass is 16.6. The van der Waals surface area contributed by atoms with E-state index in [0.717, 1.165) is 29.2 Å². The van der Waals surface area contributed by atoms with E-state index in [1.54, 1.807) is 4.90 Å². The van der Waals surface area contributed by atoms with E-state index in [9.17, 15) is 53.1 Å². The van der Waals surface area contributed by atoms with Gasteiger partial charge in [-0.2, -0.15) is 0 Å². The number of carbonyl (C=O) groups is 10. The van der Waals surface area contributed by atoms with Gasteiger partial charge in [0.05, 0.1) is 45.6 Å². The number of ether oxygens (including phenoxy) is 6. The number of quaternary nitrogens is 1. The Labute approximate surface area is 391 Å². The molecular formula is C42H62N2O24. The molecular weight excluding hydrogens is 916 g/mol. The van der Waals surface area contributed by atoms with E-state index in [-0.39, 0.29) is 77.2 Å².